The molecule has 0 saturated heterocycles. The van der Waals surface area contributed by atoms with Gasteiger partial charge < -0.3 is 14.8 Å². The highest BCUT2D eigenvalue weighted by Gasteiger charge is 2.37. The number of ketones is 1. The second-order valence-corrected chi connectivity index (χ2v) is 7.86. The molecular formula is C27H22N2O7. The Morgan fingerprint density at radius 1 is 0.889 bits per heavy atom. The van der Waals surface area contributed by atoms with Crippen LogP contribution in [-0.2, 0) is 9.53 Å². The molecule has 0 saturated carbocycles. The van der Waals surface area contributed by atoms with Crippen molar-refractivity contribution in [3.63, 3.8) is 0 Å². The number of carbonyl (C=O) groups is 5. The van der Waals surface area contributed by atoms with Gasteiger partial charge in [0.15, 0.2) is 12.4 Å². The zero-order chi connectivity index (χ0) is 25.8. The lowest BCUT2D eigenvalue weighted by molar-refractivity contribution is -0.119. The van der Waals surface area contributed by atoms with Gasteiger partial charge in [-0.1, -0.05) is 12.1 Å². The topological polar surface area (TPSA) is 119 Å². The number of ether oxygens (including phenoxy) is 2. The molecule has 0 aromatic heterocycles. The Kier molecular flexibility index (Phi) is 6.91. The zero-order valence-electron chi connectivity index (χ0n) is 19.6. The summed E-state index contributed by atoms with van der Waals surface area (Å²) in [6, 6.07) is 17.0. The third kappa shape index (κ3) is 4.85. The van der Waals surface area contributed by atoms with Crippen molar-refractivity contribution < 1.29 is 33.4 Å². The van der Waals surface area contributed by atoms with Crippen molar-refractivity contribution in [3.05, 3.63) is 89.0 Å². The highest BCUT2D eigenvalue weighted by Crippen LogP contribution is 2.30. The quantitative estimate of drug-likeness (QED) is 0.291. The summed E-state index contributed by atoms with van der Waals surface area (Å²) in [7, 11) is 0. The summed E-state index contributed by atoms with van der Waals surface area (Å²) in [6.07, 6.45) is 0. The molecule has 9 heteroatoms. The average Bonchev–Trinajstić information content (AvgIpc) is 3.12. The lowest BCUT2D eigenvalue weighted by Crippen LogP contribution is -2.29. The number of amides is 3. The van der Waals surface area contributed by atoms with E-state index in [1.54, 1.807) is 48.5 Å². The molecule has 3 aromatic carbocycles. The van der Waals surface area contributed by atoms with Crippen LogP contribution in [-0.4, -0.2) is 42.7 Å². The minimum absolute atomic E-state index is 0.0142. The molecule has 1 aliphatic heterocycles. The van der Waals surface area contributed by atoms with Gasteiger partial charge in [-0.05, 0) is 68.4 Å². The maximum absolute atomic E-state index is 13.0. The molecule has 3 aromatic rings. The van der Waals surface area contributed by atoms with Crippen molar-refractivity contribution in [1.82, 2.24) is 0 Å². The molecule has 0 atom stereocenters. The van der Waals surface area contributed by atoms with Gasteiger partial charge in [0.1, 0.15) is 5.75 Å². The number of hydrogen-bond donors (Lipinski definition) is 1. The molecule has 9 nitrogen and oxygen atoms in total. The predicted octanol–water partition coefficient (Wildman–Crippen LogP) is 3.88. The van der Waals surface area contributed by atoms with Gasteiger partial charge in [0, 0.05) is 5.56 Å². The first kappa shape index (κ1) is 24.3. The lowest BCUT2D eigenvalue weighted by atomic mass is 10.1. The number of fused-ring (bicyclic) bond motifs is 1. The fourth-order valence-corrected chi connectivity index (χ4v) is 3.76. The summed E-state index contributed by atoms with van der Waals surface area (Å²) in [6.45, 7) is 3.11. The maximum Gasteiger partial charge on any atom is 0.338 e. The largest absolute Gasteiger partial charge is 0.494 e. The number of Topliss-reactive ketones (excluding diaryl/α,β-unsaturated/α-hetero) is 1. The van der Waals surface area contributed by atoms with Gasteiger partial charge in [0.2, 0.25) is 0 Å². The standard InChI is InChI=1S/C27H22N2O7/c1-3-35-19-11-9-18(10-12-19)29-25(32)21-13-8-17(14-22(21)26(29)33)27(34)36-15-24(31)28-23-7-5-4-6-20(23)16(2)30/h4-14H,3,15H2,1-2H3,(H,28,31). The van der Waals surface area contributed by atoms with Crippen molar-refractivity contribution in [2.75, 3.05) is 23.4 Å². The summed E-state index contributed by atoms with van der Waals surface area (Å²) in [5, 5.41) is 2.54. The minimum Gasteiger partial charge on any atom is -0.494 e. The number of imide groups is 1. The van der Waals surface area contributed by atoms with E-state index in [9.17, 15) is 24.0 Å². The zero-order valence-corrected chi connectivity index (χ0v) is 19.6. The summed E-state index contributed by atoms with van der Waals surface area (Å²) >= 11 is 0. The number of anilines is 2. The molecule has 36 heavy (non-hydrogen) atoms. The summed E-state index contributed by atoms with van der Waals surface area (Å²) in [5.74, 6) is -2.18. The van der Waals surface area contributed by atoms with Crippen molar-refractivity contribution in [1.29, 1.82) is 0 Å². The van der Waals surface area contributed by atoms with E-state index in [2.05, 4.69) is 5.32 Å². The number of para-hydroxylation sites is 1. The first-order chi connectivity index (χ1) is 17.3. The normalized spacial score (nSPS) is 12.2. The van der Waals surface area contributed by atoms with Crippen LogP contribution in [0.5, 0.6) is 5.75 Å². The van der Waals surface area contributed by atoms with Crippen molar-refractivity contribution in [2.24, 2.45) is 0 Å². The number of esters is 1. The monoisotopic (exact) mass is 486 g/mol. The van der Waals surface area contributed by atoms with Gasteiger partial charge in [-0.3, -0.25) is 19.2 Å². The van der Waals surface area contributed by atoms with Gasteiger partial charge in [0.05, 0.1) is 34.7 Å². The average molecular weight is 486 g/mol. The molecule has 4 rings (SSSR count). The van der Waals surface area contributed by atoms with Crippen LogP contribution in [0.15, 0.2) is 66.7 Å². The third-order valence-electron chi connectivity index (χ3n) is 5.44. The van der Waals surface area contributed by atoms with Gasteiger partial charge in [-0.2, -0.15) is 0 Å². The van der Waals surface area contributed by atoms with Crippen LogP contribution in [0.3, 0.4) is 0 Å². The first-order valence-corrected chi connectivity index (χ1v) is 11.1. The van der Waals surface area contributed by atoms with Crippen LogP contribution in [0.1, 0.15) is 55.3 Å². The smallest absolute Gasteiger partial charge is 0.338 e. The van der Waals surface area contributed by atoms with Crippen molar-refractivity contribution in [2.45, 2.75) is 13.8 Å². The van der Waals surface area contributed by atoms with Gasteiger partial charge >= 0.3 is 5.97 Å². The fourth-order valence-electron chi connectivity index (χ4n) is 3.76. The molecule has 0 aliphatic carbocycles. The first-order valence-electron chi connectivity index (χ1n) is 11.1. The van der Waals surface area contributed by atoms with E-state index in [-0.39, 0.29) is 22.5 Å². The van der Waals surface area contributed by atoms with E-state index < -0.39 is 30.3 Å². The summed E-state index contributed by atoms with van der Waals surface area (Å²) in [5.41, 5.74) is 1.24. The number of rotatable bonds is 8. The summed E-state index contributed by atoms with van der Waals surface area (Å²) in [4.78, 5) is 63.3. The number of hydrogen-bond acceptors (Lipinski definition) is 7. The Morgan fingerprint density at radius 3 is 2.28 bits per heavy atom. The fraction of sp³-hybridized carbons (Fsp3) is 0.148. The second-order valence-electron chi connectivity index (χ2n) is 7.86. The molecule has 1 aliphatic rings. The molecule has 3 amide bonds. The van der Waals surface area contributed by atoms with Gasteiger partial charge in [-0.25, -0.2) is 9.69 Å². The van der Waals surface area contributed by atoms with E-state index >= 15 is 0 Å². The minimum atomic E-state index is -0.840. The van der Waals surface area contributed by atoms with Crippen molar-refractivity contribution in [3.8, 4) is 5.75 Å². The van der Waals surface area contributed by atoms with Crippen LogP contribution in [0.25, 0.3) is 0 Å². The number of nitrogens with zero attached hydrogens (tertiary/aromatic N) is 1. The van der Waals surface area contributed by atoms with Crippen LogP contribution < -0.4 is 15.0 Å². The van der Waals surface area contributed by atoms with E-state index in [0.29, 0.717) is 29.3 Å². The highest BCUT2D eigenvalue weighted by atomic mass is 16.5. The number of benzene rings is 3. The second kappa shape index (κ2) is 10.2. The van der Waals surface area contributed by atoms with E-state index in [4.69, 9.17) is 9.47 Å². The van der Waals surface area contributed by atoms with Gasteiger partial charge in [-0.15, -0.1) is 0 Å². The molecule has 0 radical (unpaired) electrons. The predicted molar refractivity (Wildman–Crippen MR) is 131 cm³/mol. The van der Waals surface area contributed by atoms with Crippen LogP contribution >= 0.6 is 0 Å². The molecule has 1 heterocycles. The Morgan fingerprint density at radius 2 is 1.58 bits per heavy atom. The Bertz CT molecular complexity index is 1380. The third-order valence-corrected chi connectivity index (χ3v) is 5.44. The van der Waals surface area contributed by atoms with Crippen LogP contribution in [0, 0.1) is 0 Å². The molecule has 1 N–H and O–H groups in total. The van der Waals surface area contributed by atoms with Crippen LogP contribution in [0.2, 0.25) is 0 Å². The highest BCUT2D eigenvalue weighted by molar-refractivity contribution is 6.34. The Balaban J connectivity index is 1.44. The molecule has 0 bridgehead atoms. The Hall–Kier alpha value is -4.79. The maximum atomic E-state index is 13.0. The summed E-state index contributed by atoms with van der Waals surface area (Å²) < 4.78 is 10.5. The van der Waals surface area contributed by atoms with Crippen molar-refractivity contribution >= 4 is 40.8 Å². The molecule has 0 fully saturated rings. The lowest BCUT2D eigenvalue weighted by Gasteiger charge is -2.14. The van der Waals surface area contributed by atoms with E-state index in [1.807, 2.05) is 6.92 Å². The SMILES string of the molecule is CCOc1ccc(N2C(=O)c3ccc(C(=O)OCC(=O)Nc4ccccc4C(C)=O)cc3C2=O)cc1. The van der Waals surface area contributed by atoms with Crippen LogP contribution in [0.4, 0.5) is 11.4 Å². The molecule has 0 spiro atoms. The Labute approximate surface area is 206 Å². The molecule has 182 valence electrons. The van der Waals surface area contributed by atoms with E-state index in [1.165, 1.54) is 25.1 Å². The number of nitrogens with one attached hydrogen (secondary N) is 1. The van der Waals surface area contributed by atoms with Gasteiger partial charge in [0.25, 0.3) is 17.7 Å². The molecule has 0 unspecified atom stereocenters. The number of carbonyl (C=O) groups excluding carboxylic acids is 5. The molecular weight excluding hydrogens is 464 g/mol. The van der Waals surface area contributed by atoms with E-state index in [0.717, 1.165) is 4.90 Å².